The predicted octanol–water partition coefficient (Wildman–Crippen LogP) is 4.70. The molecule has 0 saturated heterocycles. The number of ether oxygens (including phenoxy) is 1. The molecule has 1 heterocycles. The Labute approximate surface area is 161 Å². The average molecular weight is 386 g/mol. The lowest BCUT2D eigenvalue weighted by Crippen LogP contribution is -2.21. The highest BCUT2D eigenvalue weighted by atomic mass is 35.5. The second kappa shape index (κ2) is 7.45. The van der Waals surface area contributed by atoms with Crippen LogP contribution >= 0.6 is 11.6 Å². The molecule has 1 N–H and O–H groups in total. The molecule has 0 bridgehead atoms. The SMILES string of the molecule is Cc1cccc(C)c1NC(=O)COc1cc2oc(=O)c(C)c(C)c2cc1Cl. The minimum absolute atomic E-state index is 0.214. The Morgan fingerprint density at radius 2 is 1.78 bits per heavy atom. The number of rotatable bonds is 4. The van der Waals surface area contributed by atoms with Crippen LogP contribution in [-0.4, -0.2) is 12.5 Å². The number of nitrogens with one attached hydrogen (secondary N) is 1. The minimum Gasteiger partial charge on any atom is -0.482 e. The first kappa shape index (κ1) is 19.0. The zero-order valence-electron chi connectivity index (χ0n) is 15.6. The molecule has 5 nitrogen and oxygen atoms in total. The summed E-state index contributed by atoms with van der Waals surface area (Å²) in [6.45, 7) is 7.18. The molecule has 1 aromatic heterocycles. The van der Waals surface area contributed by atoms with Gasteiger partial charge in [-0.2, -0.15) is 0 Å². The molecule has 0 atom stereocenters. The van der Waals surface area contributed by atoms with E-state index in [2.05, 4.69) is 5.32 Å². The lowest BCUT2D eigenvalue weighted by atomic mass is 10.1. The number of carbonyl (C=O) groups is 1. The fraction of sp³-hybridized carbons (Fsp3) is 0.238. The van der Waals surface area contributed by atoms with E-state index in [1.807, 2.05) is 39.0 Å². The van der Waals surface area contributed by atoms with Crippen molar-refractivity contribution in [3.8, 4) is 5.75 Å². The minimum atomic E-state index is -0.402. The van der Waals surface area contributed by atoms with Gasteiger partial charge in [-0.25, -0.2) is 4.79 Å². The third-order valence-corrected chi connectivity index (χ3v) is 4.91. The van der Waals surface area contributed by atoms with Crippen molar-refractivity contribution in [1.29, 1.82) is 0 Å². The zero-order chi connectivity index (χ0) is 19.7. The van der Waals surface area contributed by atoms with Crippen LogP contribution in [0.15, 0.2) is 39.5 Å². The lowest BCUT2D eigenvalue weighted by Gasteiger charge is -2.13. The molecule has 140 valence electrons. The Morgan fingerprint density at radius 1 is 1.11 bits per heavy atom. The predicted molar refractivity (Wildman–Crippen MR) is 107 cm³/mol. The Kier molecular flexibility index (Phi) is 5.24. The van der Waals surface area contributed by atoms with Crippen LogP contribution in [-0.2, 0) is 4.79 Å². The number of fused-ring (bicyclic) bond motifs is 1. The van der Waals surface area contributed by atoms with Gasteiger partial charge in [0.05, 0.1) is 5.02 Å². The van der Waals surface area contributed by atoms with Gasteiger partial charge in [0.1, 0.15) is 11.3 Å². The van der Waals surface area contributed by atoms with Crippen LogP contribution in [0.2, 0.25) is 5.02 Å². The summed E-state index contributed by atoms with van der Waals surface area (Å²) >= 11 is 6.28. The van der Waals surface area contributed by atoms with Gasteiger partial charge in [-0.05, 0) is 50.5 Å². The van der Waals surface area contributed by atoms with E-state index < -0.39 is 5.63 Å². The number of carbonyl (C=O) groups excluding carboxylic acids is 1. The molecule has 2 aromatic carbocycles. The van der Waals surface area contributed by atoms with E-state index in [0.29, 0.717) is 16.2 Å². The van der Waals surface area contributed by atoms with E-state index in [9.17, 15) is 9.59 Å². The maximum Gasteiger partial charge on any atom is 0.339 e. The quantitative estimate of drug-likeness (QED) is 0.661. The van der Waals surface area contributed by atoms with Crippen LogP contribution in [0, 0.1) is 27.7 Å². The molecule has 27 heavy (non-hydrogen) atoms. The smallest absolute Gasteiger partial charge is 0.339 e. The second-order valence-corrected chi connectivity index (χ2v) is 6.93. The Bertz CT molecular complexity index is 1080. The van der Waals surface area contributed by atoms with Crippen molar-refractivity contribution in [3.05, 3.63) is 68.0 Å². The second-order valence-electron chi connectivity index (χ2n) is 6.52. The van der Waals surface area contributed by atoms with Gasteiger partial charge in [0.2, 0.25) is 0 Å². The van der Waals surface area contributed by atoms with Crippen molar-refractivity contribution in [2.24, 2.45) is 0 Å². The van der Waals surface area contributed by atoms with Gasteiger partial charge in [-0.3, -0.25) is 4.79 Å². The maximum atomic E-state index is 12.3. The van der Waals surface area contributed by atoms with Gasteiger partial charge in [-0.1, -0.05) is 29.8 Å². The van der Waals surface area contributed by atoms with Crippen molar-refractivity contribution >= 4 is 34.2 Å². The zero-order valence-corrected chi connectivity index (χ0v) is 16.4. The number of hydrogen-bond acceptors (Lipinski definition) is 4. The largest absolute Gasteiger partial charge is 0.482 e. The third-order valence-electron chi connectivity index (χ3n) is 4.61. The first-order valence-electron chi connectivity index (χ1n) is 8.50. The van der Waals surface area contributed by atoms with Crippen LogP contribution in [0.4, 0.5) is 5.69 Å². The number of hydrogen-bond donors (Lipinski definition) is 1. The highest BCUT2D eigenvalue weighted by molar-refractivity contribution is 6.32. The van der Waals surface area contributed by atoms with E-state index in [1.165, 1.54) is 6.07 Å². The monoisotopic (exact) mass is 385 g/mol. The van der Waals surface area contributed by atoms with Crippen molar-refractivity contribution < 1.29 is 13.9 Å². The van der Waals surface area contributed by atoms with Crippen LogP contribution in [0.25, 0.3) is 11.0 Å². The molecule has 0 aliphatic rings. The van der Waals surface area contributed by atoms with Crippen LogP contribution in [0.5, 0.6) is 5.75 Å². The summed E-state index contributed by atoms with van der Waals surface area (Å²) < 4.78 is 10.9. The maximum absolute atomic E-state index is 12.3. The summed E-state index contributed by atoms with van der Waals surface area (Å²) in [6.07, 6.45) is 0. The molecule has 0 radical (unpaired) electrons. The fourth-order valence-electron chi connectivity index (χ4n) is 2.88. The van der Waals surface area contributed by atoms with Gasteiger partial charge in [0, 0.05) is 22.7 Å². The molecule has 6 heteroatoms. The summed E-state index contributed by atoms with van der Waals surface area (Å²) in [5.74, 6) is -0.0164. The van der Waals surface area contributed by atoms with E-state index >= 15 is 0 Å². The summed E-state index contributed by atoms with van der Waals surface area (Å²) in [4.78, 5) is 24.1. The standard InChI is InChI=1S/C21H20ClNO4/c1-11-6-5-7-12(2)20(11)23-19(24)10-26-18-9-17-15(8-16(18)22)13(3)14(4)21(25)27-17/h5-9H,10H2,1-4H3,(H,23,24). The van der Waals surface area contributed by atoms with Gasteiger partial charge in [0.15, 0.2) is 6.61 Å². The summed E-state index contributed by atoms with van der Waals surface area (Å²) in [5, 5.41) is 3.94. The lowest BCUT2D eigenvalue weighted by molar-refractivity contribution is -0.118. The number of halogens is 1. The molecule has 0 unspecified atom stereocenters. The van der Waals surface area contributed by atoms with E-state index in [-0.39, 0.29) is 18.3 Å². The molecule has 1 amide bonds. The summed E-state index contributed by atoms with van der Waals surface area (Å²) in [5.41, 5.74) is 4.04. The van der Waals surface area contributed by atoms with E-state index in [1.54, 1.807) is 13.0 Å². The number of anilines is 1. The number of benzene rings is 2. The normalized spacial score (nSPS) is 10.9. The van der Waals surface area contributed by atoms with Gasteiger partial charge < -0.3 is 14.5 Å². The first-order chi connectivity index (χ1) is 12.8. The number of amides is 1. The van der Waals surface area contributed by atoms with Gasteiger partial charge >= 0.3 is 5.63 Å². The molecular formula is C21H20ClNO4. The molecule has 0 spiro atoms. The molecule has 0 aliphatic carbocycles. The van der Waals surface area contributed by atoms with Crippen molar-refractivity contribution in [1.82, 2.24) is 0 Å². The van der Waals surface area contributed by atoms with E-state index in [0.717, 1.165) is 27.8 Å². The van der Waals surface area contributed by atoms with Crippen molar-refractivity contribution in [2.45, 2.75) is 27.7 Å². The molecule has 3 rings (SSSR count). The highest BCUT2D eigenvalue weighted by Crippen LogP contribution is 2.31. The van der Waals surface area contributed by atoms with Gasteiger partial charge in [-0.15, -0.1) is 0 Å². The Hall–Kier alpha value is -2.79. The number of para-hydroxylation sites is 1. The van der Waals surface area contributed by atoms with Crippen LogP contribution in [0.3, 0.4) is 0 Å². The van der Waals surface area contributed by atoms with E-state index in [4.69, 9.17) is 20.8 Å². The van der Waals surface area contributed by atoms with Crippen molar-refractivity contribution in [2.75, 3.05) is 11.9 Å². The summed E-state index contributed by atoms with van der Waals surface area (Å²) in [7, 11) is 0. The molecule has 3 aromatic rings. The molecule has 0 fully saturated rings. The van der Waals surface area contributed by atoms with Gasteiger partial charge in [0.25, 0.3) is 5.91 Å². The topological polar surface area (TPSA) is 68.5 Å². The Morgan fingerprint density at radius 3 is 2.44 bits per heavy atom. The third kappa shape index (κ3) is 3.83. The van der Waals surface area contributed by atoms with Crippen LogP contribution in [0.1, 0.15) is 22.3 Å². The molecule has 0 aliphatic heterocycles. The van der Waals surface area contributed by atoms with Crippen LogP contribution < -0.4 is 15.7 Å². The molecular weight excluding hydrogens is 366 g/mol. The first-order valence-corrected chi connectivity index (χ1v) is 8.88. The number of aryl methyl sites for hydroxylation is 3. The molecule has 0 saturated carbocycles. The van der Waals surface area contributed by atoms with Crippen molar-refractivity contribution in [3.63, 3.8) is 0 Å². The fourth-order valence-corrected chi connectivity index (χ4v) is 3.10. The average Bonchev–Trinajstić information content (AvgIpc) is 2.62. The highest BCUT2D eigenvalue weighted by Gasteiger charge is 2.14. The Balaban J connectivity index is 1.81. The summed E-state index contributed by atoms with van der Waals surface area (Å²) in [6, 6.07) is 9.01.